The summed E-state index contributed by atoms with van der Waals surface area (Å²) in [6, 6.07) is 10.6. The minimum atomic E-state index is 1.25. The standard InChI is InChI=1S/C12H9IS/c13-12-5-3-10(4-6-12)1-2-11-7-8-14-9-11/h1-9H/b2-1+. The molecule has 0 amide bonds. The van der Waals surface area contributed by atoms with Crippen LogP contribution >= 0.6 is 33.9 Å². The molecule has 0 nitrogen and oxygen atoms in total. The van der Waals surface area contributed by atoms with E-state index in [1.54, 1.807) is 11.3 Å². The minimum Gasteiger partial charge on any atom is -0.152 e. The Morgan fingerprint density at radius 2 is 1.64 bits per heavy atom. The molecule has 0 aliphatic rings. The zero-order chi connectivity index (χ0) is 9.80. The maximum Gasteiger partial charge on any atom is 0.0130 e. The van der Waals surface area contributed by atoms with Gasteiger partial charge in [-0.1, -0.05) is 24.3 Å². The highest BCUT2D eigenvalue weighted by atomic mass is 127. The van der Waals surface area contributed by atoms with Gasteiger partial charge in [-0.25, -0.2) is 0 Å². The monoisotopic (exact) mass is 312 g/mol. The fourth-order valence-electron chi connectivity index (χ4n) is 1.14. The summed E-state index contributed by atoms with van der Waals surface area (Å²) in [5.74, 6) is 0. The topological polar surface area (TPSA) is 0 Å². The molecule has 0 unspecified atom stereocenters. The van der Waals surface area contributed by atoms with Crippen molar-refractivity contribution >= 4 is 46.1 Å². The summed E-state index contributed by atoms with van der Waals surface area (Å²) >= 11 is 4.04. The van der Waals surface area contributed by atoms with Crippen molar-refractivity contribution in [2.24, 2.45) is 0 Å². The number of benzene rings is 1. The number of hydrogen-bond donors (Lipinski definition) is 0. The summed E-state index contributed by atoms with van der Waals surface area (Å²) in [5, 5.41) is 4.23. The molecule has 0 bridgehead atoms. The van der Waals surface area contributed by atoms with E-state index in [0.717, 1.165) is 0 Å². The maximum atomic E-state index is 2.31. The van der Waals surface area contributed by atoms with Crippen LogP contribution in [0.2, 0.25) is 0 Å². The summed E-state index contributed by atoms with van der Waals surface area (Å²) in [5.41, 5.74) is 2.52. The van der Waals surface area contributed by atoms with Crippen LogP contribution in [0, 0.1) is 3.57 Å². The normalized spacial score (nSPS) is 10.9. The first-order valence-electron chi connectivity index (χ1n) is 4.30. The van der Waals surface area contributed by atoms with Gasteiger partial charge in [-0.15, -0.1) is 0 Å². The lowest BCUT2D eigenvalue weighted by atomic mass is 10.2. The Morgan fingerprint density at radius 3 is 2.29 bits per heavy atom. The summed E-state index contributed by atoms with van der Waals surface area (Å²) < 4.78 is 1.27. The number of rotatable bonds is 2. The highest BCUT2D eigenvalue weighted by molar-refractivity contribution is 14.1. The molecule has 2 rings (SSSR count). The second-order valence-electron chi connectivity index (χ2n) is 2.94. The zero-order valence-corrected chi connectivity index (χ0v) is 10.5. The molecule has 0 saturated carbocycles. The SMILES string of the molecule is Ic1ccc(/C=C/c2ccsc2)cc1. The van der Waals surface area contributed by atoms with Gasteiger partial charge in [-0.3, -0.25) is 0 Å². The molecule has 2 aromatic rings. The molecular weight excluding hydrogens is 303 g/mol. The maximum absolute atomic E-state index is 2.31. The van der Waals surface area contributed by atoms with Gasteiger partial charge in [-0.2, -0.15) is 11.3 Å². The van der Waals surface area contributed by atoms with E-state index in [-0.39, 0.29) is 0 Å². The fourth-order valence-corrected chi connectivity index (χ4v) is 2.12. The van der Waals surface area contributed by atoms with Crippen LogP contribution in [-0.4, -0.2) is 0 Å². The van der Waals surface area contributed by atoms with Crippen molar-refractivity contribution in [2.75, 3.05) is 0 Å². The predicted octanol–water partition coefficient (Wildman–Crippen LogP) is 4.52. The molecule has 0 N–H and O–H groups in total. The predicted molar refractivity (Wildman–Crippen MR) is 72.4 cm³/mol. The van der Waals surface area contributed by atoms with Crippen molar-refractivity contribution in [3.8, 4) is 0 Å². The van der Waals surface area contributed by atoms with E-state index >= 15 is 0 Å². The Hall–Kier alpha value is -0.610. The molecule has 14 heavy (non-hydrogen) atoms. The van der Waals surface area contributed by atoms with Crippen molar-refractivity contribution in [2.45, 2.75) is 0 Å². The van der Waals surface area contributed by atoms with Crippen LogP contribution < -0.4 is 0 Å². The Morgan fingerprint density at radius 1 is 0.929 bits per heavy atom. The van der Waals surface area contributed by atoms with E-state index in [0.29, 0.717) is 0 Å². The first kappa shape index (κ1) is 9.93. The lowest BCUT2D eigenvalue weighted by Crippen LogP contribution is -1.72. The zero-order valence-electron chi connectivity index (χ0n) is 7.48. The summed E-state index contributed by atoms with van der Waals surface area (Å²) in [4.78, 5) is 0. The van der Waals surface area contributed by atoms with Crippen LogP contribution in [0.1, 0.15) is 11.1 Å². The molecule has 0 radical (unpaired) electrons. The van der Waals surface area contributed by atoms with Gasteiger partial charge in [0.05, 0.1) is 0 Å². The van der Waals surface area contributed by atoms with Crippen LogP contribution in [0.25, 0.3) is 12.2 Å². The van der Waals surface area contributed by atoms with Gasteiger partial charge in [0.1, 0.15) is 0 Å². The average Bonchev–Trinajstić information content (AvgIpc) is 2.70. The smallest absolute Gasteiger partial charge is 0.0130 e. The third-order valence-electron chi connectivity index (χ3n) is 1.88. The van der Waals surface area contributed by atoms with Gasteiger partial charge in [-0.05, 0) is 62.7 Å². The van der Waals surface area contributed by atoms with E-state index in [1.807, 2.05) is 0 Å². The van der Waals surface area contributed by atoms with E-state index < -0.39 is 0 Å². The largest absolute Gasteiger partial charge is 0.152 e. The minimum absolute atomic E-state index is 1.25. The molecule has 1 aromatic carbocycles. The van der Waals surface area contributed by atoms with Crippen LogP contribution in [0.3, 0.4) is 0 Å². The third kappa shape index (κ3) is 2.69. The van der Waals surface area contributed by atoms with Crippen molar-refractivity contribution < 1.29 is 0 Å². The van der Waals surface area contributed by atoms with Crippen molar-refractivity contribution in [3.05, 3.63) is 55.8 Å². The molecule has 70 valence electrons. The summed E-state index contributed by atoms with van der Waals surface area (Å²) in [6.45, 7) is 0. The van der Waals surface area contributed by atoms with Crippen LogP contribution in [-0.2, 0) is 0 Å². The highest BCUT2D eigenvalue weighted by Crippen LogP contribution is 2.12. The molecule has 0 fully saturated rings. The lowest BCUT2D eigenvalue weighted by molar-refractivity contribution is 1.61. The molecule has 1 aromatic heterocycles. The van der Waals surface area contributed by atoms with Crippen molar-refractivity contribution in [1.82, 2.24) is 0 Å². The van der Waals surface area contributed by atoms with Gasteiger partial charge in [0.2, 0.25) is 0 Å². The van der Waals surface area contributed by atoms with Crippen LogP contribution in [0.4, 0.5) is 0 Å². The second kappa shape index (κ2) is 4.75. The van der Waals surface area contributed by atoms with Crippen molar-refractivity contribution in [3.63, 3.8) is 0 Å². The molecule has 0 saturated heterocycles. The Bertz CT molecular complexity index is 412. The third-order valence-corrected chi connectivity index (χ3v) is 3.30. The number of halogens is 1. The lowest BCUT2D eigenvalue weighted by Gasteiger charge is -1.92. The van der Waals surface area contributed by atoms with Crippen LogP contribution in [0.15, 0.2) is 41.1 Å². The second-order valence-corrected chi connectivity index (χ2v) is 4.97. The molecule has 0 atom stereocenters. The molecule has 0 aliphatic carbocycles. The average molecular weight is 312 g/mol. The fraction of sp³-hybridized carbons (Fsp3) is 0. The Balaban J connectivity index is 2.15. The van der Waals surface area contributed by atoms with Gasteiger partial charge in [0, 0.05) is 3.57 Å². The quantitative estimate of drug-likeness (QED) is 0.715. The van der Waals surface area contributed by atoms with E-state index in [4.69, 9.17) is 0 Å². The van der Waals surface area contributed by atoms with Crippen molar-refractivity contribution in [1.29, 1.82) is 0 Å². The molecular formula is C12H9IS. The molecule has 2 heteroatoms. The summed E-state index contributed by atoms with van der Waals surface area (Å²) in [7, 11) is 0. The molecule has 0 spiro atoms. The number of hydrogen-bond acceptors (Lipinski definition) is 1. The first-order chi connectivity index (χ1) is 6.84. The molecule has 0 aliphatic heterocycles. The highest BCUT2D eigenvalue weighted by Gasteiger charge is 1.88. The van der Waals surface area contributed by atoms with E-state index in [9.17, 15) is 0 Å². The van der Waals surface area contributed by atoms with Gasteiger partial charge < -0.3 is 0 Å². The van der Waals surface area contributed by atoms with Gasteiger partial charge >= 0.3 is 0 Å². The van der Waals surface area contributed by atoms with Crippen LogP contribution in [0.5, 0.6) is 0 Å². The Labute approximate surface area is 101 Å². The van der Waals surface area contributed by atoms with E-state index in [1.165, 1.54) is 14.7 Å². The Kier molecular flexibility index (Phi) is 3.37. The first-order valence-corrected chi connectivity index (χ1v) is 6.32. The van der Waals surface area contributed by atoms with Gasteiger partial charge in [0.15, 0.2) is 0 Å². The van der Waals surface area contributed by atoms with E-state index in [2.05, 4.69) is 75.8 Å². The van der Waals surface area contributed by atoms with Gasteiger partial charge in [0.25, 0.3) is 0 Å². The summed E-state index contributed by atoms with van der Waals surface area (Å²) in [6.07, 6.45) is 4.27. The molecule has 1 heterocycles. The number of thiophene rings is 1.